The Morgan fingerprint density at radius 1 is 1.20 bits per heavy atom. The van der Waals surface area contributed by atoms with E-state index < -0.39 is 5.97 Å². The number of likely N-dealkylation sites (tertiary alicyclic amines) is 1. The van der Waals surface area contributed by atoms with Gasteiger partial charge in [-0.3, -0.25) is 9.69 Å². The molecule has 0 aliphatic carbocycles. The molecule has 25 heavy (non-hydrogen) atoms. The minimum atomic E-state index is -0.708. The summed E-state index contributed by atoms with van der Waals surface area (Å²) in [5, 5.41) is 17.8. The van der Waals surface area contributed by atoms with Crippen LogP contribution in [0.25, 0.3) is 0 Å². The maximum atomic E-state index is 10.8. The molecule has 128 valence electrons. The standard InChI is InChI=1S/C20H20N2O3/c21-11-17-3-1-2-15(10-17)8-9-25-19-6-4-16(5-7-19)12-22-13-18(14-22)20(23)24/h1-7,10,18H,8-9,12-14H2,(H,23,24). The van der Waals surface area contributed by atoms with Crippen LogP contribution in [0.15, 0.2) is 48.5 Å². The van der Waals surface area contributed by atoms with Crippen molar-refractivity contribution >= 4 is 5.97 Å². The summed E-state index contributed by atoms with van der Waals surface area (Å²) in [5.41, 5.74) is 2.90. The Labute approximate surface area is 147 Å². The third-order valence-electron chi connectivity index (χ3n) is 4.35. The number of aliphatic carboxylic acids is 1. The van der Waals surface area contributed by atoms with E-state index in [-0.39, 0.29) is 5.92 Å². The second kappa shape index (κ2) is 7.82. The lowest BCUT2D eigenvalue weighted by Crippen LogP contribution is -2.49. The fraction of sp³-hybridized carbons (Fsp3) is 0.300. The SMILES string of the molecule is N#Cc1cccc(CCOc2ccc(CN3CC(C(=O)O)C3)cc2)c1. The summed E-state index contributed by atoms with van der Waals surface area (Å²) in [6, 6.07) is 17.6. The second-order valence-corrected chi connectivity index (χ2v) is 6.28. The predicted octanol–water partition coefficient (Wildman–Crippen LogP) is 2.70. The number of hydrogen-bond acceptors (Lipinski definition) is 4. The number of benzene rings is 2. The van der Waals surface area contributed by atoms with Crippen LogP contribution in [0, 0.1) is 17.2 Å². The number of carboxylic acid groups (broad SMARTS) is 1. The molecule has 1 N–H and O–H groups in total. The molecule has 1 aliphatic rings. The zero-order valence-electron chi connectivity index (χ0n) is 13.9. The summed E-state index contributed by atoms with van der Waals surface area (Å²) in [7, 11) is 0. The first kappa shape index (κ1) is 17.0. The molecule has 0 radical (unpaired) electrons. The lowest BCUT2D eigenvalue weighted by Gasteiger charge is -2.36. The molecule has 0 unspecified atom stereocenters. The lowest BCUT2D eigenvalue weighted by atomic mass is 10.00. The number of nitrogens with zero attached hydrogens (tertiary/aromatic N) is 2. The van der Waals surface area contributed by atoms with Crippen molar-refractivity contribution in [3.63, 3.8) is 0 Å². The molecule has 0 saturated carbocycles. The average molecular weight is 336 g/mol. The van der Waals surface area contributed by atoms with Gasteiger partial charge in [-0.05, 0) is 35.4 Å². The normalized spacial score (nSPS) is 14.5. The van der Waals surface area contributed by atoms with Gasteiger partial charge in [-0.25, -0.2) is 0 Å². The van der Waals surface area contributed by atoms with Crippen LogP contribution >= 0.6 is 0 Å². The van der Waals surface area contributed by atoms with Crippen LogP contribution in [0.2, 0.25) is 0 Å². The average Bonchev–Trinajstić information content (AvgIpc) is 2.59. The first-order valence-electron chi connectivity index (χ1n) is 8.30. The minimum Gasteiger partial charge on any atom is -0.493 e. The van der Waals surface area contributed by atoms with E-state index >= 15 is 0 Å². The number of hydrogen-bond donors (Lipinski definition) is 1. The Kier molecular flexibility index (Phi) is 5.32. The van der Waals surface area contributed by atoms with E-state index in [9.17, 15) is 4.79 Å². The van der Waals surface area contributed by atoms with Gasteiger partial charge in [0.2, 0.25) is 0 Å². The largest absolute Gasteiger partial charge is 0.493 e. The third kappa shape index (κ3) is 4.59. The van der Waals surface area contributed by atoms with Gasteiger partial charge in [-0.15, -0.1) is 0 Å². The first-order valence-corrected chi connectivity index (χ1v) is 8.30. The summed E-state index contributed by atoms with van der Waals surface area (Å²) < 4.78 is 5.76. The van der Waals surface area contributed by atoms with Gasteiger partial charge in [0.1, 0.15) is 5.75 Å². The van der Waals surface area contributed by atoms with Crippen LogP contribution in [-0.2, 0) is 17.8 Å². The zero-order valence-corrected chi connectivity index (χ0v) is 13.9. The number of carboxylic acids is 1. The molecule has 0 aromatic heterocycles. The lowest BCUT2D eigenvalue weighted by molar-refractivity contribution is -0.147. The molecule has 5 nitrogen and oxygen atoms in total. The molecule has 2 aromatic rings. The molecular weight excluding hydrogens is 316 g/mol. The highest BCUT2D eigenvalue weighted by molar-refractivity contribution is 5.71. The van der Waals surface area contributed by atoms with Crippen LogP contribution < -0.4 is 4.74 Å². The van der Waals surface area contributed by atoms with Crippen LogP contribution in [0.4, 0.5) is 0 Å². The summed E-state index contributed by atoms with van der Waals surface area (Å²) >= 11 is 0. The summed E-state index contributed by atoms with van der Waals surface area (Å²) in [6.07, 6.45) is 0.752. The predicted molar refractivity (Wildman–Crippen MR) is 93.2 cm³/mol. The maximum Gasteiger partial charge on any atom is 0.309 e. The molecule has 1 heterocycles. The van der Waals surface area contributed by atoms with E-state index in [1.54, 1.807) is 6.07 Å². The van der Waals surface area contributed by atoms with Crippen molar-refractivity contribution in [3.8, 4) is 11.8 Å². The number of rotatable bonds is 7. The van der Waals surface area contributed by atoms with Gasteiger partial charge < -0.3 is 9.84 Å². The van der Waals surface area contributed by atoms with E-state index in [4.69, 9.17) is 15.1 Å². The highest BCUT2D eigenvalue weighted by atomic mass is 16.5. The van der Waals surface area contributed by atoms with Crippen molar-refractivity contribution in [1.82, 2.24) is 4.90 Å². The van der Waals surface area contributed by atoms with E-state index in [0.29, 0.717) is 25.3 Å². The third-order valence-corrected chi connectivity index (χ3v) is 4.35. The van der Waals surface area contributed by atoms with Crippen molar-refractivity contribution in [3.05, 3.63) is 65.2 Å². The van der Waals surface area contributed by atoms with Crippen molar-refractivity contribution < 1.29 is 14.6 Å². The number of carbonyl (C=O) groups is 1. The Hall–Kier alpha value is -2.84. The molecule has 3 rings (SSSR count). The molecular formula is C20H20N2O3. The maximum absolute atomic E-state index is 10.8. The van der Waals surface area contributed by atoms with E-state index in [2.05, 4.69) is 11.0 Å². The highest BCUT2D eigenvalue weighted by Crippen LogP contribution is 2.20. The Bertz CT molecular complexity index is 774. The van der Waals surface area contributed by atoms with Gasteiger partial charge in [0.15, 0.2) is 0 Å². The Morgan fingerprint density at radius 3 is 2.64 bits per heavy atom. The molecule has 0 spiro atoms. The molecule has 0 atom stereocenters. The van der Waals surface area contributed by atoms with Gasteiger partial charge in [0.25, 0.3) is 0 Å². The van der Waals surface area contributed by atoms with Gasteiger partial charge in [0, 0.05) is 26.1 Å². The van der Waals surface area contributed by atoms with Crippen molar-refractivity contribution in [1.29, 1.82) is 5.26 Å². The first-order chi connectivity index (χ1) is 12.1. The minimum absolute atomic E-state index is 0.220. The quantitative estimate of drug-likeness (QED) is 0.841. The van der Waals surface area contributed by atoms with Gasteiger partial charge in [-0.1, -0.05) is 24.3 Å². The fourth-order valence-corrected chi connectivity index (χ4v) is 2.89. The zero-order chi connectivity index (χ0) is 17.6. The molecule has 0 bridgehead atoms. The summed E-state index contributed by atoms with van der Waals surface area (Å²) in [4.78, 5) is 12.9. The van der Waals surface area contributed by atoms with E-state index in [1.165, 1.54) is 0 Å². The molecule has 1 saturated heterocycles. The van der Waals surface area contributed by atoms with Gasteiger partial charge in [-0.2, -0.15) is 5.26 Å². The molecule has 0 amide bonds. The summed E-state index contributed by atoms with van der Waals surface area (Å²) in [5.74, 6) is -0.116. The molecule has 1 aliphatic heterocycles. The van der Waals surface area contributed by atoms with Crippen LogP contribution in [0.1, 0.15) is 16.7 Å². The van der Waals surface area contributed by atoms with Crippen LogP contribution in [-0.4, -0.2) is 35.7 Å². The smallest absolute Gasteiger partial charge is 0.309 e. The van der Waals surface area contributed by atoms with E-state index in [0.717, 1.165) is 29.8 Å². The highest BCUT2D eigenvalue weighted by Gasteiger charge is 2.31. The van der Waals surface area contributed by atoms with E-state index in [1.807, 2.05) is 42.5 Å². The van der Waals surface area contributed by atoms with Crippen LogP contribution in [0.3, 0.4) is 0 Å². The Morgan fingerprint density at radius 2 is 1.96 bits per heavy atom. The monoisotopic (exact) mass is 336 g/mol. The van der Waals surface area contributed by atoms with Crippen molar-refractivity contribution in [2.45, 2.75) is 13.0 Å². The molecule has 5 heteroatoms. The summed E-state index contributed by atoms with van der Waals surface area (Å²) in [6.45, 7) is 2.57. The van der Waals surface area contributed by atoms with Crippen LogP contribution in [0.5, 0.6) is 5.75 Å². The molecule has 1 fully saturated rings. The number of ether oxygens (including phenoxy) is 1. The van der Waals surface area contributed by atoms with Gasteiger partial charge >= 0.3 is 5.97 Å². The van der Waals surface area contributed by atoms with Crippen molar-refractivity contribution in [2.24, 2.45) is 5.92 Å². The Balaban J connectivity index is 1.43. The van der Waals surface area contributed by atoms with Crippen molar-refractivity contribution in [2.75, 3.05) is 19.7 Å². The van der Waals surface area contributed by atoms with Gasteiger partial charge in [0.05, 0.1) is 24.2 Å². The number of nitriles is 1. The fourth-order valence-electron chi connectivity index (χ4n) is 2.89. The molecule has 2 aromatic carbocycles. The topological polar surface area (TPSA) is 73.6 Å². The second-order valence-electron chi connectivity index (χ2n) is 6.28.